The topological polar surface area (TPSA) is 0 Å². The summed E-state index contributed by atoms with van der Waals surface area (Å²) in [5.41, 5.74) is 8.34. The predicted molar refractivity (Wildman–Crippen MR) is 103 cm³/mol. The summed E-state index contributed by atoms with van der Waals surface area (Å²) in [5, 5.41) is 0. The van der Waals surface area contributed by atoms with Crippen LogP contribution in [0.4, 0.5) is 0 Å². The molecule has 0 aromatic heterocycles. The van der Waals surface area contributed by atoms with Crippen molar-refractivity contribution < 1.29 is 0 Å². The molecule has 2 rings (SSSR count). The van der Waals surface area contributed by atoms with E-state index >= 15 is 0 Å². The fourth-order valence-electron chi connectivity index (χ4n) is 2.67. The second-order valence-corrected chi connectivity index (χ2v) is 5.26. The van der Waals surface area contributed by atoms with Crippen LogP contribution in [0.3, 0.4) is 0 Å². The van der Waals surface area contributed by atoms with Crippen LogP contribution in [0.25, 0.3) is 5.57 Å². The standard InChI is InChI=1S/C18H22.2C2H6/c1-13(2)15(4)18(16-10-6-5-7-11-16)17-12-8-9-14(17)3;2*1-2/h5-7,10-11H,1,8-9,12H2,2-4H3;2*1-2H3/b18-15-;;. The molecule has 0 N–H and O–H groups in total. The van der Waals surface area contributed by atoms with Crippen molar-refractivity contribution in [1.29, 1.82) is 0 Å². The molecule has 122 valence electrons. The SMILES string of the molecule is C=C(C)/C(C)=C(\C1=C(C)CCC1)c1ccccc1.CC.CC. The van der Waals surface area contributed by atoms with Crippen molar-refractivity contribution >= 4 is 5.57 Å². The first kappa shape index (κ1) is 20.4. The molecular formula is C22H34. The van der Waals surface area contributed by atoms with Crippen LogP contribution in [0.5, 0.6) is 0 Å². The third-order valence-corrected chi connectivity index (χ3v) is 3.87. The zero-order valence-electron chi connectivity index (χ0n) is 15.7. The van der Waals surface area contributed by atoms with Gasteiger partial charge < -0.3 is 0 Å². The van der Waals surface area contributed by atoms with Crippen molar-refractivity contribution in [1.82, 2.24) is 0 Å². The normalized spacial score (nSPS) is 14.3. The van der Waals surface area contributed by atoms with Crippen LogP contribution >= 0.6 is 0 Å². The Balaban J connectivity index is 0.00000102. The van der Waals surface area contributed by atoms with Gasteiger partial charge in [0.2, 0.25) is 0 Å². The van der Waals surface area contributed by atoms with Gasteiger partial charge in [-0.15, -0.1) is 0 Å². The van der Waals surface area contributed by atoms with Crippen LogP contribution in [0.15, 0.2) is 59.2 Å². The van der Waals surface area contributed by atoms with E-state index in [2.05, 4.69) is 57.7 Å². The van der Waals surface area contributed by atoms with Gasteiger partial charge in [0.05, 0.1) is 0 Å². The highest BCUT2D eigenvalue weighted by Crippen LogP contribution is 2.39. The molecule has 1 aromatic rings. The van der Waals surface area contributed by atoms with E-state index in [1.54, 1.807) is 11.1 Å². The fourth-order valence-corrected chi connectivity index (χ4v) is 2.67. The van der Waals surface area contributed by atoms with E-state index < -0.39 is 0 Å². The second kappa shape index (κ2) is 11.1. The lowest BCUT2D eigenvalue weighted by Crippen LogP contribution is -1.94. The molecule has 0 bridgehead atoms. The van der Waals surface area contributed by atoms with Crippen LogP contribution in [0.1, 0.15) is 73.3 Å². The highest BCUT2D eigenvalue weighted by Gasteiger charge is 2.18. The highest BCUT2D eigenvalue weighted by molar-refractivity contribution is 5.84. The van der Waals surface area contributed by atoms with Crippen molar-refractivity contribution in [2.45, 2.75) is 67.7 Å². The third kappa shape index (κ3) is 5.33. The van der Waals surface area contributed by atoms with Gasteiger partial charge in [-0.25, -0.2) is 0 Å². The van der Waals surface area contributed by atoms with Crippen LogP contribution in [-0.2, 0) is 0 Å². The minimum Gasteiger partial charge on any atom is -0.0958 e. The molecule has 22 heavy (non-hydrogen) atoms. The Bertz CT molecular complexity index is 512. The summed E-state index contributed by atoms with van der Waals surface area (Å²) in [7, 11) is 0. The van der Waals surface area contributed by atoms with E-state index in [9.17, 15) is 0 Å². The Morgan fingerprint density at radius 3 is 1.86 bits per heavy atom. The number of allylic oxidation sites excluding steroid dienone is 5. The molecule has 1 aliphatic carbocycles. The van der Waals surface area contributed by atoms with E-state index in [1.165, 1.54) is 41.5 Å². The van der Waals surface area contributed by atoms with Gasteiger partial charge in [-0.2, -0.15) is 0 Å². The summed E-state index contributed by atoms with van der Waals surface area (Å²) < 4.78 is 0. The van der Waals surface area contributed by atoms with Crippen molar-refractivity contribution in [3.05, 3.63) is 64.8 Å². The molecule has 0 spiro atoms. The molecule has 0 heterocycles. The van der Waals surface area contributed by atoms with Gasteiger partial charge in [-0.05, 0) is 62.3 Å². The summed E-state index contributed by atoms with van der Waals surface area (Å²) in [5.74, 6) is 0. The first-order valence-electron chi connectivity index (χ1n) is 8.72. The Hall–Kier alpha value is -1.56. The van der Waals surface area contributed by atoms with Crippen molar-refractivity contribution in [3.63, 3.8) is 0 Å². The van der Waals surface area contributed by atoms with Gasteiger partial charge in [0.25, 0.3) is 0 Å². The average molecular weight is 299 g/mol. The summed E-state index contributed by atoms with van der Waals surface area (Å²) >= 11 is 0. The van der Waals surface area contributed by atoms with Crippen LogP contribution < -0.4 is 0 Å². The maximum Gasteiger partial charge on any atom is -0.0121 e. The zero-order valence-corrected chi connectivity index (χ0v) is 15.7. The van der Waals surface area contributed by atoms with Gasteiger partial charge >= 0.3 is 0 Å². The van der Waals surface area contributed by atoms with Crippen molar-refractivity contribution in [2.75, 3.05) is 0 Å². The van der Waals surface area contributed by atoms with Gasteiger partial charge in [-0.3, -0.25) is 0 Å². The minimum atomic E-state index is 1.17. The van der Waals surface area contributed by atoms with Gasteiger partial charge in [-0.1, -0.05) is 75.8 Å². The first-order chi connectivity index (χ1) is 10.6. The fraction of sp³-hybridized carbons (Fsp3) is 0.455. The van der Waals surface area contributed by atoms with Crippen molar-refractivity contribution in [2.24, 2.45) is 0 Å². The lowest BCUT2D eigenvalue weighted by molar-refractivity contribution is 0.899. The molecule has 0 radical (unpaired) electrons. The molecule has 0 atom stereocenters. The summed E-state index contributed by atoms with van der Waals surface area (Å²) in [6, 6.07) is 10.7. The van der Waals surface area contributed by atoms with Gasteiger partial charge in [0.15, 0.2) is 0 Å². The van der Waals surface area contributed by atoms with Gasteiger partial charge in [0, 0.05) is 0 Å². The summed E-state index contributed by atoms with van der Waals surface area (Å²) in [6.45, 7) is 18.7. The highest BCUT2D eigenvalue weighted by atomic mass is 14.2. The van der Waals surface area contributed by atoms with Crippen LogP contribution in [0.2, 0.25) is 0 Å². The number of hydrogen-bond acceptors (Lipinski definition) is 0. The predicted octanol–water partition coefficient (Wildman–Crippen LogP) is 7.59. The van der Waals surface area contributed by atoms with Gasteiger partial charge in [0.1, 0.15) is 0 Å². The van der Waals surface area contributed by atoms with Crippen molar-refractivity contribution in [3.8, 4) is 0 Å². The lowest BCUT2D eigenvalue weighted by atomic mass is 9.89. The number of rotatable bonds is 3. The van der Waals surface area contributed by atoms with Crippen LogP contribution in [0, 0.1) is 0 Å². The Labute approximate surface area is 138 Å². The van der Waals surface area contributed by atoms with E-state index in [4.69, 9.17) is 0 Å². The van der Waals surface area contributed by atoms with E-state index in [-0.39, 0.29) is 0 Å². The molecule has 0 saturated heterocycles. The van der Waals surface area contributed by atoms with Crippen LogP contribution in [-0.4, -0.2) is 0 Å². The molecule has 0 aliphatic heterocycles. The first-order valence-corrected chi connectivity index (χ1v) is 8.72. The number of hydrogen-bond donors (Lipinski definition) is 0. The third-order valence-electron chi connectivity index (χ3n) is 3.87. The summed E-state index contributed by atoms with van der Waals surface area (Å²) in [6.07, 6.45) is 3.75. The second-order valence-electron chi connectivity index (χ2n) is 5.26. The molecule has 0 amide bonds. The largest absolute Gasteiger partial charge is 0.0958 e. The maximum absolute atomic E-state index is 4.12. The molecule has 0 nitrogen and oxygen atoms in total. The van der Waals surface area contributed by atoms with E-state index in [0.717, 1.165) is 0 Å². The molecule has 0 heteroatoms. The molecule has 0 unspecified atom stereocenters. The quantitative estimate of drug-likeness (QED) is 0.504. The van der Waals surface area contributed by atoms with E-state index in [0.29, 0.717) is 0 Å². The Morgan fingerprint density at radius 2 is 1.45 bits per heavy atom. The Morgan fingerprint density at radius 1 is 0.909 bits per heavy atom. The monoisotopic (exact) mass is 298 g/mol. The smallest absolute Gasteiger partial charge is 0.0121 e. The van der Waals surface area contributed by atoms with E-state index in [1.807, 2.05) is 27.7 Å². The maximum atomic E-state index is 4.12. The Kier molecular flexibility index (Phi) is 10.3. The lowest BCUT2D eigenvalue weighted by Gasteiger charge is -2.16. The molecule has 0 saturated carbocycles. The summed E-state index contributed by atoms with van der Waals surface area (Å²) in [4.78, 5) is 0. The minimum absolute atomic E-state index is 1.17. The average Bonchev–Trinajstić information content (AvgIpc) is 2.98. The molecule has 1 aromatic carbocycles. The molecule has 0 fully saturated rings. The zero-order chi connectivity index (χ0) is 17.1. The molecular weight excluding hydrogens is 264 g/mol. The number of benzene rings is 1. The molecule has 1 aliphatic rings.